The van der Waals surface area contributed by atoms with Crippen LogP contribution in [-0.4, -0.2) is 24.0 Å². The van der Waals surface area contributed by atoms with Gasteiger partial charge < -0.3 is 20.1 Å². The molecule has 0 spiro atoms. The van der Waals surface area contributed by atoms with Crippen LogP contribution < -0.4 is 20.1 Å². The SMILES string of the molecule is Cc1ccc(NC(=O)[C@@H](C)Oc2ccccc2)cc1NC(=O)[C@H](C)Oc1ccccc1. The van der Waals surface area contributed by atoms with Gasteiger partial charge in [0.2, 0.25) is 0 Å². The average Bonchev–Trinajstić information content (AvgIpc) is 2.77. The van der Waals surface area contributed by atoms with E-state index >= 15 is 0 Å². The molecule has 160 valence electrons. The van der Waals surface area contributed by atoms with E-state index in [1.165, 1.54) is 0 Å². The summed E-state index contributed by atoms with van der Waals surface area (Å²) in [5, 5.41) is 5.69. The fourth-order valence-electron chi connectivity index (χ4n) is 2.83. The number of para-hydroxylation sites is 2. The third kappa shape index (κ3) is 6.34. The highest BCUT2D eigenvalue weighted by Gasteiger charge is 2.18. The van der Waals surface area contributed by atoms with Gasteiger partial charge in [0.25, 0.3) is 11.8 Å². The summed E-state index contributed by atoms with van der Waals surface area (Å²) in [6, 6.07) is 23.6. The number of rotatable bonds is 8. The second-order valence-electron chi connectivity index (χ2n) is 7.15. The Morgan fingerprint density at radius 3 is 1.71 bits per heavy atom. The van der Waals surface area contributed by atoms with E-state index < -0.39 is 12.2 Å². The highest BCUT2D eigenvalue weighted by atomic mass is 16.5. The smallest absolute Gasteiger partial charge is 0.265 e. The van der Waals surface area contributed by atoms with Crippen LogP contribution in [0.1, 0.15) is 19.4 Å². The maximum atomic E-state index is 12.6. The molecule has 0 heterocycles. The summed E-state index contributed by atoms with van der Waals surface area (Å²) in [5.74, 6) is 0.673. The first-order valence-corrected chi connectivity index (χ1v) is 10.1. The number of amides is 2. The lowest BCUT2D eigenvalue weighted by Gasteiger charge is -2.17. The van der Waals surface area contributed by atoms with Crippen LogP contribution in [0.25, 0.3) is 0 Å². The van der Waals surface area contributed by atoms with Gasteiger partial charge in [0, 0.05) is 11.4 Å². The number of carbonyl (C=O) groups is 2. The lowest BCUT2D eigenvalue weighted by atomic mass is 10.1. The Morgan fingerprint density at radius 1 is 0.710 bits per heavy atom. The summed E-state index contributed by atoms with van der Waals surface area (Å²) in [6.07, 6.45) is -1.36. The standard InChI is InChI=1S/C25H26N2O4/c1-17-14-15-20(26-24(28)18(2)30-21-10-6-4-7-11-21)16-23(17)27-25(29)19(3)31-22-12-8-5-9-13-22/h4-16,18-19H,1-3H3,(H,26,28)(H,27,29)/t18-,19+/m1/s1. The Kier molecular flexibility index (Phi) is 7.27. The van der Waals surface area contributed by atoms with Gasteiger partial charge in [-0.2, -0.15) is 0 Å². The molecule has 0 radical (unpaired) electrons. The molecule has 0 bridgehead atoms. The molecule has 0 saturated heterocycles. The molecule has 3 rings (SSSR count). The fourth-order valence-corrected chi connectivity index (χ4v) is 2.83. The van der Waals surface area contributed by atoms with E-state index in [4.69, 9.17) is 9.47 Å². The van der Waals surface area contributed by atoms with Gasteiger partial charge in [0.15, 0.2) is 12.2 Å². The lowest BCUT2D eigenvalue weighted by Crippen LogP contribution is -2.31. The van der Waals surface area contributed by atoms with Crippen molar-refractivity contribution in [1.29, 1.82) is 0 Å². The summed E-state index contributed by atoms with van der Waals surface area (Å²) < 4.78 is 11.3. The van der Waals surface area contributed by atoms with Crippen molar-refractivity contribution in [2.75, 3.05) is 10.6 Å². The Balaban J connectivity index is 1.61. The summed E-state index contributed by atoms with van der Waals surface area (Å²) in [4.78, 5) is 25.1. The fraction of sp³-hybridized carbons (Fsp3) is 0.200. The lowest BCUT2D eigenvalue weighted by molar-refractivity contribution is -0.122. The zero-order chi connectivity index (χ0) is 22.2. The molecule has 0 saturated carbocycles. The predicted octanol–water partition coefficient (Wildman–Crippen LogP) is 4.81. The van der Waals surface area contributed by atoms with Gasteiger partial charge in [0.05, 0.1) is 0 Å². The Hall–Kier alpha value is -3.80. The van der Waals surface area contributed by atoms with E-state index in [9.17, 15) is 9.59 Å². The highest BCUT2D eigenvalue weighted by Crippen LogP contribution is 2.22. The third-order valence-corrected chi connectivity index (χ3v) is 4.61. The number of aryl methyl sites for hydroxylation is 1. The van der Waals surface area contributed by atoms with Crippen LogP contribution in [-0.2, 0) is 9.59 Å². The van der Waals surface area contributed by atoms with E-state index in [1.54, 1.807) is 50.2 Å². The molecule has 0 aromatic heterocycles. The zero-order valence-electron chi connectivity index (χ0n) is 17.8. The third-order valence-electron chi connectivity index (χ3n) is 4.61. The monoisotopic (exact) mass is 418 g/mol. The van der Waals surface area contributed by atoms with Gasteiger partial charge in [-0.15, -0.1) is 0 Å². The topological polar surface area (TPSA) is 76.7 Å². The van der Waals surface area contributed by atoms with Crippen LogP contribution in [0.2, 0.25) is 0 Å². The molecule has 2 N–H and O–H groups in total. The summed E-state index contributed by atoms with van der Waals surface area (Å²) in [6.45, 7) is 5.25. The molecule has 2 atom stereocenters. The second kappa shape index (κ2) is 10.3. The van der Waals surface area contributed by atoms with Crippen molar-refractivity contribution < 1.29 is 19.1 Å². The first-order chi connectivity index (χ1) is 14.9. The molecular formula is C25H26N2O4. The minimum Gasteiger partial charge on any atom is -0.481 e. The van der Waals surface area contributed by atoms with Crippen molar-refractivity contribution in [3.63, 3.8) is 0 Å². The van der Waals surface area contributed by atoms with Crippen molar-refractivity contribution in [3.05, 3.63) is 84.4 Å². The second-order valence-corrected chi connectivity index (χ2v) is 7.15. The van der Waals surface area contributed by atoms with Gasteiger partial charge in [0.1, 0.15) is 11.5 Å². The molecule has 3 aromatic carbocycles. The molecule has 2 amide bonds. The Labute approximate surface area is 182 Å². The number of benzene rings is 3. The molecule has 0 aliphatic heterocycles. The van der Waals surface area contributed by atoms with Crippen LogP contribution in [0.4, 0.5) is 11.4 Å². The quantitative estimate of drug-likeness (QED) is 0.551. The molecular weight excluding hydrogens is 392 g/mol. The van der Waals surface area contributed by atoms with Crippen molar-refractivity contribution >= 4 is 23.2 Å². The van der Waals surface area contributed by atoms with Gasteiger partial charge in [-0.1, -0.05) is 42.5 Å². The van der Waals surface area contributed by atoms with Gasteiger partial charge >= 0.3 is 0 Å². The normalized spacial score (nSPS) is 12.4. The molecule has 0 aliphatic carbocycles. The van der Waals surface area contributed by atoms with Crippen molar-refractivity contribution in [3.8, 4) is 11.5 Å². The number of ether oxygens (including phenoxy) is 2. The Bertz CT molecular complexity index is 1020. The number of nitrogens with one attached hydrogen (secondary N) is 2. The van der Waals surface area contributed by atoms with E-state index in [2.05, 4.69) is 10.6 Å². The predicted molar refractivity (Wildman–Crippen MR) is 122 cm³/mol. The molecule has 6 heteroatoms. The highest BCUT2D eigenvalue weighted by molar-refractivity contribution is 5.97. The largest absolute Gasteiger partial charge is 0.481 e. The molecule has 31 heavy (non-hydrogen) atoms. The molecule has 6 nitrogen and oxygen atoms in total. The van der Waals surface area contributed by atoms with Crippen molar-refractivity contribution in [2.45, 2.75) is 33.0 Å². The van der Waals surface area contributed by atoms with Gasteiger partial charge in [-0.05, 0) is 62.7 Å². The average molecular weight is 418 g/mol. The van der Waals surface area contributed by atoms with Crippen LogP contribution in [0.15, 0.2) is 78.9 Å². The maximum Gasteiger partial charge on any atom is 0.265 e. The first-order valence-electron chi connectivity index (χ1n) is 10.1. The molecule has 0 fully saturated rings. The van der Waals surface area contributed by atoms with Gasteiger partial charge in [-0.3, -0.25) is 9.59 Å². The van der Waals surface area contributed by atoms with E-state index in [0.717, 1.165) is 5.56 Å². The first kappa shape index (κ1) is 21.9. The zero-order valence-corrected chi connectivity index (χ0v) is 17.8. The number of anilines is 2. The maximum absolute atomic E-state index is 12.6. The summed E-state index contributed by atoms with van der Waals surface area (Å²) in [5.41, 5.74) is 2.03. The van der Waals surface area contributed by atoms with Crippen LogP contribution >= 0.6 is 0 Å². The van der Waals surface area contributed by atoms with Crippen molar-refractivity contribution in [1.82, 2.24) is 0 Å². The van der Waals surface area contributed by atoms with E-state index in [0.29, 0.717) is 22.9 Å². The summed E-state index contributed by atoms with van der Waals surface area (Å²) >= 11 is 0. The van der Waals surface area contributed by atoms with E-state index in [-0.39, 0.29) is 11.8 Å². The summed E-state index contributed by atoms with van der Waals surface area (Å²) in [7, 11) is 0. The number of carbonyl (C=O) groups excluding carboxylic acids is 2. The van der Waals surface area contributed by atoms with Crippen LogP contribution in [0.3, 0.4) is 0 Å². The minimum absolute atomic E-state index is 0.281. The molecule has 0 aliphatic rings. The van der Waals surface area contributed by atoms with Crippen LogP contribution in [0, 0.1) is 6.92 Å². The van der Waals surface area contributed by atoms with Crippen molar-refractivity contribution in [2.24, 2.45) is 0 Å². The minimum atomic E-state index is -0.681. The Morgan fingerprint density at radius 2 is 1.19 bits per heavy atom. The molecule has 3 aromatic rings. The van der Waals surface area contributed by atoms with Gasteiger partial charge in [-0.25, -0.2) is 0 Å². The van der Waals surface area contributed by atoms with Crippen LogP contribution in [0.5, 0.6) is 11.5 Å². The number of hydrogen-bond donors (Lipinski definition) is 2. The molecule has 0 unspecified atom stereocenters. The number of hydrogen-bond acceptors (Lipinski definition) is 4. The van der Waals surface area contributed by atoms with E-state index in [1.807, 2.05) is 49.4 Å².